The monoisotopic (exact) mass is 411 g/mol. The van der Waals surface area contributed by atoms with Crippen molar-refractivity contribution in [3.05, 3.63) is 45.5 Å². The Morgan fingerprint density at radius 1 is 1.13 bits per heavy atom. The smallest absolute Gasteiger partial charge is 0.339 e. The highest BCUT2D eigenvalue weighted by atomic mass is 16.5. The van der Waals surface area contributed by atoms with Crippen LogP contribution in [0.15, 0.2) is 23.1 Å². The Balaban J connectivity index is 1.42. The Morgan fingerprint density at radius 3 is 2.63 bits per heavy atom. The van der Waals surface area contributed by atoms with E-state index in [0.717, 1.165) is 50.0 Å². The number of aromatic amines is 1. The zero-order chi connectivity index (χ0) is 20.7. The summed E-state index contributed by atoms with van der Waals surface area (Å²) in [6.07, 6.45) is 4.94. The molecule has 0 aromatic carbocycles. The van der Waals surface area contributed by atoms with E-state index in [0.29, 0.717) is 38.1 Å². The maximum atomic E-state index is 12.8. The molecule has 0 unspecified atom stereocenters. The molecule has 2 fully saturated rings. The third-order valence-corrected chi connectivity index (χ3v) is 6.71. The normalized spacial score (nSPS) is 20.4. The fourth-order valence-corrected chi connectivity index (χ4v) is 5.01. The predicted molar refractivity (Wildman–Crippen MR) is 111 cm³/mol. The number of ether oxygens (including phenoxy) is 1. The van der Waals surface area contributed by atoms with Gasteiger partial charge in [-0.3, -0.25) is 9.78 Å². The number of H-pyrrole nitrogens is 1. The van der Waals surface area contributed by atoms with E-state index in [1.54, 1.807) is 18.3 Å². The first kappa shape index (κ1) is 19.0. The highest BCUT2D eigenvalue weighted by Gasteiger charge is 2.44. The van der Waals surface area contributed by atoms with Crippen molar-refractivity contribution < 1.29 is 14.6 Å². The van der Waals surface area contributed by atoms with Crippen LogP contribution in [0.2, 0.25) is 0 Å². The van der Waals surface area contributed by atoms with Gasteiger partial charge in [0, 0.05) is 43.4 Å². The van der Waals surface area contributed by atoms with Gasteiger partial charge in [-0.05, 0) is 37.8 Å². The molecule has 1 spiro atoms. The van der Waals surface area contributed by atoms with Gasteiger partial charge in [0.1, 0.15) is 11.4 Å². The Morgan fingerprint density at radius 2 is 1.90 bits per heavy atom. The van der Waals surface area contributed by atoms with Gasteiger partial charge in [-0.1, -0.05) is 0 Å². The number of rotatable bonds is 3. The number of hydrogen-bond donors (Lipinski definition) is 2. The second-order valence-electron chi connectivity index (χ2n) is 8.26. The molecule has 2 aromatic heterocycles. The number of fused-ring (bicyclic) bond motifs is 2. The van der Waals surface area contributed by atoms with Crippen molar-refractivity contribution in [2.45, 2.75) is 31.1 Å². The molecule has 9 heteroatoms. The Hall–Kier alpha value is -2.94. The van der Waals surface area contributed by atoms with E-state index in [4.69, 9.17) is 9.72 Å². The summed E-state index contributed by atoms with van der Waals surface area (Å²) in [5.74, 6) is 0.197. The molecule has 2 aliphatic heterocycles. The van der Waals surface area contributed by atoms with Gasteiger partial charge in [-0.25, -0.2) is 14.8 Å². The third-order valence-electron chi connectivity index (χ3n) is 6.71. The van der Waals surface area contributed by atoms with Crippen molar-refractivity contribution in [3.63, 3.8) is 0 Å². The van der Waals surface area contributed by atoms with E-state index in [-0.39, 0.29) is 16.5 Å². The van der Waals surface area contributed by atoms with Crippen LogP contribution in [0.25, 0.3) is 0 Å². The number of carboxylic acids is 1. The maximum Gasteiger partial charge on any atom is 0.339 e. The first-order chi connectivity index (χ1) is 14.6. The lowest BCUT2D eigenvalue weighted by Crippen LogP contribution is -2.44. The van der Waals surface area contributed by atoms with E-state index in [2.05, 4.69) is 14.9 Å². The van der Waals surface area contributed by atoms with Crippen LogP contribution in [0.4, 0.5) is 11.8 Å². The number of carboxylic acid groups (broad SMARTS) is 1. The summed E-state index contributed by atoms with van der Waals surface area (Å²) in [6, 6.07) is 3.24. The van der Waals surface area contributed by atoms with E-state index in [1.165, 1.54) is 0 Å². The van der Waals surface area contributed by atoms with Crippen molar-refractivity contribution in [1.29, 1.82) is 0 Å². The van der Waals surface area contributed by atoms with Gasteiger partial charge in [-0.2, -0.15) is 0 Å². The van der Waals surface area contributed by atoms with Crippen LogP contribution < -0.4 is 15.4 Å². The summed E-state index contributed by atoms with van der Waals surface area (Å²) in [6.45, 7) is 4.10. The van der Waals surface area contributed by atoms with E-state index in [1.807, 2.05) is 4.90 Å². The van der Waals surface area contributed by atoms with Crippen molar-refractivity contribution in [1.82, 2.24) is 15.0 Å². The number of pyridine rings is 1. The van der Waals surface area contributed by atoms with Crippen LogP contribution in [0.5, 0.6) is 0 Å². The fraction of sp³-hybridized carbons (Fsp3) is 0.524. The van der Waals surface area contributed by atoms with Gasteiger partial charge in [0.2, 0.25) is 5.95 Å². The zero-order valence-electron chi connectivity index (χ0n) is 16.8. The molecule has 2 aromatic rings. The molecule has 0 saturated carbocycles. The number of carbonyl (C=O) groups is 1. The molecule has 2 saturated heterocycles. The molecule has 30 heavy (non-hydrogen) atoms. The lowest BCUT2D eigenvalue weighted by atomic mass is 9.76. The molecule has 0 atom stereocenters. The molecule has 1 aliphatic carbocycles. The van der Waals surface area contributed by atoms with E-state index >= 15 is 0 Å². The second kappa shape index (κ2) is 7.39. The van der Waals surface area contributed by atoms with Crippen molar-refractivity contribution >= 4 is 17.7 Å². The van der Waals surface area contributed by atoms with Crippen LogP contribution in [0.3, 0.4) is 0 Å². The molecule has 9 nitrogen and oxygen atoms in total. The van der Waals surface area contributed by atoms with Gasteiger partial charge in [0.15, 0.2) is 0 Å². The molecular formula is C21H25N5O4. The average Bonchev–Trinajstić information content (AvgIpc) is 3.13. The summed E-state index contributed by atoms with van der Waals surface area (Å²) in [7, 11) is 0. The van der Waals surface area contributed by atoms with Gasteiger partial charge in [0.25, 0.3) is 5.56 Å². The topological polar surface area (TPSA) is 112 Å². The number of piperidine rings is 1. The van der Waals surface area contributed by atoms with Crippen LogP contribution in [0.1, 0.15) is 40.9 Å². The van der Waals surface area contributed by atoms with Crippen LogP contribution in [-0.2, 0) is 16.6 Å². The third kappa shape index (κ3) is 3.13. The SMILES string of the molecule is O=C(O)c1cccnc1N1CCC2(CCc3c2nc(N2CCOCC2)[nH]c3=O)CC1. The van der Waals surface area contributed by atoms with E-state index in [9.17, 15) is 14.7 Å². The van der Waals surface area contributed by atoms with Gasteiger partial charge in [-0.15, -0.1) is 0 Å². The summed E-state index contributed by atoms with van der Waals surface area (Å²) in [4.78, 5) is 40.7. The standard InChI is InChI=1S/C21H25N5O4/c27-18-14-3-4-21(16(14)23-20(24-18)26-10-12-30-13-11-26)5-8-25(9-6-21)17-15(19(28)29)2-1-7-22-17/h1-2,7H,3-6,8-13H2,(H,28,29)(H,23,24,27). The van der Waals surface area contributed by atoms with Crippen molar-refractivity contribution in [2.75, 3.05) is 49.2 Å². The Labute approximate surface area is 173 Å². The van der Waals surface area contributed by atoms with Gasteiger partial charge in [0.05, 0.1) is 18.9 Å². The average molecular weight is 411 g/mol. The maximum absolute atomic E-state index is 12.8. The lowest BCUT2D eigenvalue weighted by molar-refractivity contribution is 0.0697. The number of hydrogen-bond acceptors (Lipinski definition) is 7. The minimum Gasteiger partial charge on any atom is -0.478 e. The molecule has 4 heterocycles. The van der Waals surface area contributed by atoms with Crippen LogP contribution in [-0.4, -0.2) is 65.4 Å². The quantitative estimate of drug-likeness (QED) is 0.775. The number of anilines is 2. The van der Waals surface area contributed by atoms with E-state index < -0.39 is 5.97 Å². The van der Waals surface area contributed by atoms with Crippen molar-refractivity contribution in [2.24, 2.45) is 0 Å². The molecule has 0 bridgehead atoms. The molecular weight excluding hydrogens is 386 g/mol. The number of nitrogens with one attached hydrogen (secondary N) is 1. The largest absolute Gasteiger partial charge is 0.478 e. The number of morpholine rings is 1. The first-order valence-corrected chi connectivity index (χ1v) is 10.5. The highest BCUT2D eigenvalue weighted by Crippen LogP contribution is 2.45. The first-order valence-electron chi connectivity index (χ1n) is 10.5. The summed E-state index contributed by atoms with van der Waals surface area (Å²) < 4.78 is 5.42. The second-order valence-corrected chi connectivity index (χ2v) is 8.26. The number of nitrogens with zero attached hydrogens (tertiary/aromatic N) is 4. The molecule has 2 N–H and O–H groups in total. The highest BCUT2D eigenvalue weighted by molar-refractivity contribution is 5.93. The molecule has 158 valence electrons. The Bertz CT molecular complexity index is 1020. The number of aromatic carboxylic acids is 1. The molecule has 5 rings (SSSR count). The summed E-state index contributed by atoms with van der Waals surface area (Å²) in [5.41, 5.74) is 1.82. The van der Waals surface area contributed by atoms with Crippen LogP contribution >= 0.6 is 0 Å². The number of aromatic nitrogens is 3. The fourth-order valence-electron chi connectivity index (χ4n) is 5.01. The summed E-state index contributed by atoms with van der Waals surface area (Å²) in [5, 5.41) is 9.49. The predicted octanol–water partition coefficient (Wildman–Crippen LogP) is 1.18. The van der Waals surface area contributed by atoms with Gasteiger partial charge < -0.3 is 19.6 Å². The Kier molecular flexibility index (Phi) is 4.69. The minimum atomic E-state index is -0.965. The van der Waals surface area contributed by atoms with Crippen molar-refractivity contribution in [3.8, 4) is 0 Å². The minimum absolute atomic E-state index is 0.0290. The molecule has 0 radical (unpaired) electrons. The van der Waals surface area contributed by atoms with Gasteiger partial charge >= 0.3 is 5.97 Å². The molecule has 0 amide bonds. The summed E-state index contributed by atoms with van der Waals surface area (Å²) >= 11 is 0. The molecule has 3 aliphatic rings. The lowest BCUT2D eigenvalue weighted by Gasteiger charge is -2.40. The van der Waals surface area contributed by atoms with Crippen LogP contribution in [0, 0.1) is 0 Å². The zero-order valence-corrected chi connectivity index (χ0v) is 16.8.